The predicted molar refractivity (Wildman–Crippen MR) is 90.4 cm³/mol. The zero-order valence-electron chi connectivity index (χ0n) is 13.2. The van der Waals surface area contributed by atoms with Crippen molar-refractivity contribution in [2.45, 2.75) is 39.3 Å². The molecule has 2 nitrogen and oxygen atoms in total. The summed E-state index contributed by atoms with van der Waals surface area (Å²) in [5, 5.41) is 4.01. The fourth-order valence-electron chi connectivity index (χ4n) is 2.67. The molecule has 0 radical (unpaired) electrons. The first kappa shape index (κ1) is 16.4. The van der Waals surface area contributed by atoms with Gasteiger partial charge in [-0.15, -0.1) is 11.3 Å². The van der Waals surface area contributed by atoms with Crippen LogP contribution < -0.4 is 5.32 Å². The zero-order valence-corrected chi connectivity index (χ0v) is 14.0. The Morgan fingerprint density at radius 3 is 2.81 bits per heavy atom. The van der Waals surface area contributed by atoms with Crippen LogP contribution in [0.1, 0.15) is 36.6 Å². The number of hydrogen-bond acceptors (Lipinski definition) is 3. The van der Waals surface area contributed by atoms with Crippen molar-refractivity contribution in [2.75, 3.05) is 20.6 Å². The standard InChI is InChI=1S/C17H25FN2S/c1-4-5-6-10-20(3)12-13-16(11-19-2)21-15-9-7-8-14(18)17(13)15/h7-9,19H,4-6,10-12H2,1-3H3. The molecule has 2 rings (SSSR count). The number of unbranched alkanes of at least 4 members (excludes halogenated alkanes) is 2. The molecule has 1 heterocycles. The molecule has 0 spiro atoms. The van der Waals surface area contributed by atoms with Gasteiger partial charge in [0, 0.05) is 28.1 Å². The smallest absolute Gasteiger partial charge is 0.132 e. The molecule has 116 valence electrons. The second kappa shape index (κ2) is 7.87. The lowest BCUT2D eigenvalue weighted by Crippen LogP contribution is -2.20. The fraction of sp³-hybridized carbons (Fsp3) is 0.529. The molecule has 4 heteroatoms. The Kier molecular flexibility index (Phi) is 6.15. The van der Waals surface area contributed by atoms with Crippen LogP contribution in [0.3, 0.4) is 0 Å². The van der Waals surface area contributed by atoms with Crippen molar-refractivity contribution < 1.29 is 4.39 Å². The van der Waals surface area contributed by atoms with Crippen molar-refractivity contribution in [3.63, 3.8) is 0 Å². The van der Waals surface area contributed by atoms with Crippen LogP contribution in [0.5, 0.6) is 0 Å². The molecule has 0 saturated carbocycles. The van der Waals surface area contributed by atoms with E-state index >= 15 is 0 Å². The molecule has 0 atom stereocenters. The van der Waals surface area contributed by atoms with Crippen LogP contribution in [0.4, 0.5) is 4.39 Å². The first-order valence-electron chi connectivity index (χ1n) is 7.69. The Labute approximate surface area is 131 Å². The predicted octanol–water partition coefficient (Wildman–Crippen LogP) is 4.38. The SMILES string of the molecule is CCCCCN(C)Cc1c(CNC)sc2cccc(F)c12. The number of nitrogens with zero attached hydrogens (tertiary/aromatic N) is 1. The molecule has 1 N–H and O–H groups in total. The van der Waals surface area contributed by atoms with Crippen molar-refractivity contribution in [1.29, 1.82) is 0 Å². The van der Waals surface area contributed by atoms with Crippen LogP contribution in [-0.2, 0) is 13.1 Å². The number of benzene rings is 1. The molecule has 2 aromatic rings. The van der Waals surface area contributed by atoms with E-state index in [1.165, 1.54) is 24.1 Å². The molecule has 0 aliphatic heterocycles. The van der Waals surface area contributed by atoms with Crippen LogP contribution in [0.15, 0.2) is 18.2 Å². The maximum atomic E-state index is 14.2. The molecule has 0 amide bonds. The van der Waals surface area contributed by atoms with E-state index in [4.69, 9.17) is 0 Å². The highest BCUT2D eigenvalue weighted by atomic mass is 32.1. The van der Waals surface area contributed by atoms with E-state index < -0.39 is 0 Å². The summed E-state index contributed by atoms with van der Waals surface area (Å²) in [6.45, 7) is 4.91. The largest absolute Gasteiger partial charge is 0.315 e. The van der Waals surface area contributed by atoms with E-state index in [2.05, 4.69) is 24.2 Å². The topological polar surface area (TPSA) is 15.3 Å². The van der Waals surface area contributed by atoms with Gasteiger partial charge in [-0.05, 0) is 44.8 Å². The van der Waals surface area contributed by atoms with Gasteiger partial charge in [0.1, 0.15) is 5.82 Å². The average molecular weight is 308 g/mol. The molecule has 1 aromatic heterocycles. The van der Waals surface area contributed by atoms with Gasteiger partial charge in [0.05, 0.1) is 0 Å². The molecular formula is C17H25FN2S. The molecule has 0 aliphatic carbocycles. The third-order valence-corrected chi connectivity index (χ3v) is 4.95. The van der Waals surface area contributed by atoms with Crippen LogP contribution >= 0.6 is 11.3 Å². The molecular weight excluding hydrogens is 283 g/mol. The van der Waals surface area contributed by atoms with Gasteiger partial charge in [0.15, 0.2) is 0 Å². The third kappa shape index (κ3) is 4.02. The van der Waals surface area contributed by atoms with E-state index in [1.807, 2.05) is 13.1 Å². The average Bonchev–Trinajstić information content (AvgIpc) is 2.79. The quantitative estimate of drug-likeness (QED) is 0.728. The van der Waals surface area contributed by atoms with E-state index in [0.717, 1.165) is 35.3 Å². The Morgan fingerprint density at radius 2 is 2.10 bits per heavy atom. The van der Waals surface area contributed by atoms with Crippen LogP contribution in [0.2, 0.25) is 0 Å². The molecule has 1 aromatic carbocycles. The van der Waals surface area contributed by atoms with Gasteiger partial charge in [0.2, 0.25) is 0 Å². The van der Waals surface area contributed by atoms with Crippen molar-refractivity contribution in [1.82, 2.24) is 10.2 Å². The van der Waals surface area contributed by atoms with Gasteiger partial charge in [-0.25, -0.2) is 4.39 Å². The number of thiophene rings is 1. The summed E-state index contributed by atoms with van der Waals surface area (Å²) in [6, 6.07) is 5.38. The first-order valence-corrected chi connectivity index (χ1v) is 8.51. The van der Waals surface area contributed by atoms with E-state index in [0.29, 0.717) is 0 Å². The lowest BCUT2D eigenvalue weighted by atomic mass is 10.1. The highest BCUT2D eigenvalue weighted by molar-refractivity contribution is 7.19. The summed E-state index contributed by atoms with van der Waals surface area (Å²) in [5.74, 6) is -0.0944. The number of fused-ring (bicyclic) bond motifs is 1. The minimum Gasteiger partial charge on any atom is -0.315 e. The highest BCUT2D eigenvalue weighted by Gasteiger charge is 2.16. The maximum absolute atomic E-state index is 14.2. The number of hydrogen-bond donors (Lipinski definition) is 1. The fourth-order valence-corrected chi connectivity index (χ4v) is 3.91. The van der Waals surface area contributed by atoms with Crippen molar-refractivity contribution in [3.05, 3.63) is 34.5 Å². The highest BCUT2D eigenvalue weighted by Crippen LogP contribution is 2.34. The number of rotatable bonds is 8. The summed E-state index contributed by atoms with van der Waals surface area (Å²) in [5.41, 5.74) is 1.15. The first-order chi connectivity index (χ1) is 10.2. The Morgan fingerprint density at radius 1 is 1.29 bits per heavy atom. The van der Waals surface area contributed by atoms with Crippen molar-refractivity contribution in [3.8, 4) is 0 Å². The Bertz CT molecular complexity index is 579. The van der Waals surface area contributed by atoms with Crippen molar-refractivity contribution >= 4 is 21.4 Å². The van der Waals surface area contributed by atoms with Gasteiger partial charge in [0.25, 0.3) is 0 Å². The van der Waals surface area contributed by atoms with Gasteiger partial charge in [-0.2, -0.15) is 0 Å². The van der Waals surface area contributed by atoms with E-state index in [1.54, 1.807) is 23.5 Å². The minimum absolute atomic E-state index is 0.0944. The normalized spacial score (nSPS) is 11.7. The Balaban J connectivity index is 2.25. The molecule has 0 aliphatic rings. The number of halogens is 1. The molecule has 0 saturated heterocycles. The van der Waals surface area contributed by atoms with Crippen LogP contribution in [-0.4, -0.2) is 25.5 Å². The molecule has 21 heavy (non-hydrogen) atoms. The minimum atomic E-state index is -0.0944. The number of nitrogens with one attached hydrogen (secondary N) is 1. The molecule has 0 fully saturated rings. The summed E-state index contributed by atoms with van der Waals surface area (Å²) in [7, 11) is 4.07. The second-order valence-electron chi connectivity index (χ2n) is 5.59. The lowest BCUT2D eigenvalue weighted by molar-refractivity contribution is 0.318. The van der Waals surface area contributed by atoms with Gasteiger partial charge < -0.3 is 10.2 Å². The monoisotopic (exact) mass is 308 g/mol. The Hall–Kier alpha value is -0.970. The maximum Gasteiger partial charge on any atom is 0.132 e. The summed E-state index contributed by atoms with van der Waals surface area (Å²) in [6.07, 6.45) is 3.69. The van der Waals surface area contributed by atoms with Gasteiger partial charge in [-0.3, -0.25) is 0 Å². The summed E-state index contributed by atoms with van der Waals surface area (Å²) < 4.78 is 15.3. The van der Waals surface area contributed by atoms with Gasteiger partial charge in [-0.1, -0.05) is 25.8 Å². The lowest BCUT2D eigenvalue weighted by Gasteiger charge is -2.17. The summed E-state index contributed by atoms with van der Waals surface area (Å²) >= 11 is 1.70. The van der Waals surface area contributed by atoms with E-state index in [-0.39, 0.29) is 5.82 Å². The van der Waals surface area contributed by atoms with E-state index in [9.17, 15) is 4.39 Å². The third-order valence-electron chi connectivity index (χ3n) is 3.76. The molecule has 0 unspecified atom stereocenters. The van der Waals surface area contributed by atoms with Crippen LogP contribution in [0.25, 0.3) is 10.1 Å². The van der Waals surface area contributed by atoms with Crippen LogP contribution in [0, 0.1) is 5.82 Å². The second-order valence-corrected chi connectivity index (χ2v) is 6.73. The van der Waals surface area contributed by atoms with Crippen molar-refractivity contribution in [2.24, 2.45) is 0 Å². The zero-order chi connectivity index (χ0) is 15.2. The molecule has 0 bridgehead atoms. The van der Waals surface area contributed by atoms with Gasteiger partial charge >= 0.3 is 0 Å². The summed E-state index contributed by atoms with van der Waals surface area (Å²) in [4.78, 5) is 3.56.